The molecule has 4 rings (SSSR count). The SMILES string of the molecule is CC(=O)Nc1ccc(S(=O)(=O)N2CCN(c3c(C)nn(-c4ccccc4)c3C)CC2)cc1. The number of piperazine rings is 1. The van der Waals surface area contributed by atoms with Crippen molar-refractivity contribution in [3.05, 3.63) is 66.0 Å². The van der Waals surface area contributed by atoms with E-state index in [-0.39, 0.29) is 10.8 Å². The first kappa shape index (κ1) is 22.0. The summed E-state index contributed by atoms with van der Waals surface area (Å²) in [5.74, 6) is -0.196. The second kappa shape index (κ2) is 8.76. The Morgan fingerprint density at radius 1 is 0.938 bits per heavy atom. The summed E-state index contributed by atoms with van der Waals surface area (Å²) in [5, 5.41) is 7.36. The van der Waals surface area contributed by atoms with Gasteiger partial charge >= 0.3 is 0 Å². The van der Waals surface area contributed by atoms with E-state index in [1.807, 2.05) is 48.9 Å². The van der Waals surface area contributed by atoms with Crippen molar-refractivity contribution in [2.45, 2.75) is 25.7 Å². The standard InChI is InChI=1S/C23H27N5O3S/c1-17-23(18(2)28(25-17)21-7-5-4-6-8-21)26-13-15-27(16-14-26)32(30,31)22-11-9-20(10-12-22)24-19(3)29/h4-12H,13-16H2,1-3H3,(H,24,29). The molecule has 1 fully saturated rings. The Balaban J connectivity index is 1.49. The molecule has 0 bridgehead atoms. The molecule has 2 heterocycles. The van der Waals surface area contributed by atoms with Gasteiger partial charge in [0.1, 0.15) is 0 Å². The number of anilines is 2. The third-order valence-corrected chi connectivity index (χ3v) is 7.53. The van der Waals surface area contributed by atoms with E-state index in [0.29, 0.717) is 31.9 Å². The molecule has 0 saturated carbocycles. The number of benzene rings is 2. The summed E-state index contributed by atoms with van der Waals surface area (Å²) in [5.41, 5.74) is 4.60. The number of carbonyl (C=O) groups excluding carboxylic acids is 1. The summed E-state index contributed by atoms with van der Waals surface area (Å²) in [7, 11) is -3.60. The van der Waals surface area contributed by atoms with Crippen LogP contribution in [0.1, 0.15) is 18.3 Å². The number of carbonyl (C=O) groups is 1. The van der Waals surface area contributed by atoms with E-state index in [4.69, 9.17) is 5.10 Å². The number of hydrogen-bond acceptors (Lipinski definition) is 5. The van der Waals surface area contributed by atoms with Gasteiger partial charge in [0.05, 0.1) is 27.7 Å². The molecule has 2 aromatic carbocycles. The van der Waals surface area contributed by atoms with Crippen molar-refractivity contribution >= 4 is 27.3 Å². The molecule has 9 heteroatoms. The zero-order chi connectivity index (χ0) is 22.9. The lowest BCUT2D eigenvalue weighted by Gasteiger charge is -2.35. The van der Waals surface area contributed by atoms with Crippen LogP contribution < -0.4 is 10.2 Å². The number of rotatable bonds is 5. The maximum atomic E-state index is 13.1. The second-order valence-electron chi connectivity index (χ2n) is 7.86. The van der Waals surface area contributed by atoms with Crippen LogP contribution in [-0.4, -0.2) is 54.6 Å². The van der Waals surface area contributed by atoms with E-state index >= 15 is 0 Å². The normalized spacial score (nSPS) is 15.0. The van der Waals surface area contributed by atoms with Crippen LogP contribution in [0.4, 0.5) is 11.4 Å². The highest BCUT2D eigenvalue weighted by atomic mass is 32.2. The Kier molecular flexibility index (Phi) is 6.03. The second-order valence-corrected chi connectivity index (χ2v) is 9.80. The fourth-order valence-corrected chi connectivity index (χ4v) is 5.55. The number of nitrogens with one attached hydrogen (secondary N) is 1. The molecule has 0 atom stereocenters. The molecule has 1 aromatic heterocycles. The van der Waals surface area contributed by atoms with Crippen LogP contribution >= 0.6 is 0 Å². The molecule has 0 aliphatic carbocycles. The Morgan fingerprint density at radius 2 is 1.56 bits per heavy atom. The average molecular weight is 454 g/mol. The fourth-order valence-electron chi connectivity index (χ4n) is 4.13. The van der Waals surface area contributed by atoms with Crippen molar-refractivity contribution in [1.29, 1.82) is 0 Å². The minimum absolute atomic E-state index is 0.196. The van der Waals surface area contributed by atoms with Crippen molar-refractivity contribution in [3.63, 3.8) is 0 Å². The predicted molar refractivity (Wildman–Crippen MR) is 125 cm³/mol. The van der Waals surface area contributed by atoms with Crippen LogP contribution in [0.2, 0.25) is 0 Å². The molecule has 0 unspecified atom stereocenters. The Morgan fingerprint density at radius 3 is 2.16 bits per heavy atom. The molecule has 1 N–H and O–H groups in total. The van der Waals surface area contributed by atoms with Gasteiger partial charge in [0.2, 0.25) is 15.9 Å². The van der Waals surface area contributed by atoms with Crippen molar-refractivity contribution in [2.75, 3.05) is 36.4 Å². The predicted octanol–water partition coefficient (Wildman–Crippen LogP) is 2.96. The van der Waals surface area contributed by atoms with Gasteiger partial charge in [-0.3, -0.25) is 4.79 Å². The van der Waals surface area contributed by atoms with Gasteiger partial charge < -0.3 is 10.2 Å². The molecule has 1 saturated heterocycles. The lowest BCUT2D eigenvalue weighted by Crippen LogP contribution is -2.49. The van der Waals surface area contributed by atoms with Gasteiger partial charge in [0, 0.05) is 38.8 Å². The van der Waals surface area contributed by atoms with E-state index in [2.05, 4.69) is 10.2 Å². The van der Waals surface area contributed by atoms with Crippen LogP contribution in [0.3, 0.4) is 0 Å². The summed E-state index contributed by atoms with van der Waals surface area (Å²) < 4.78 is 29.6. The number of sulfonamides is 1. The van der Waals surface area contributed by atoms with Crippen molar-refractivity contribution < 1.29 is 13.2 Å². The highest BCUT2D eigenvalue weighted by Crippen LogP contribution is 2.29. The number of amides is 1. The van der Waals surface area contributed by atoms with Crippen LogP contribution in [0.5, 0.6) is 0 Å². The Hall–Kier alpha value is -3.17. The maximum absolute atomic E-state index is 13.1. The molecule has 8 nitrogen and oxygen atoms in total. The summed E-state index contributed by atoms with van der Waals surface area (Å²) >= 11 is 0. The first-order chi connectivity index (χ1) is 15.3. The van der Waals surface area contributed by atoms with Crippen molar-refractivity contribution in [3.8, 4) is 5.69 Å². The molecule has 0 radical (unpaired) electrons. The van der Waals surface area contributed by atoms with E-state index in [1.165, 1.54) is 23.4 Å². The fraction of sp³-hybridized carbons (Fsp3) is 0.304. The molecular weight excluding hydrogens is 426 g/mol. The molecule has 168 valence electrons. The van der Waals surface area contributed by atoms with Gasteiger partial charge in [-0.05, 0) is 50.2 Å². The first-order valence-corrected chi connectivity index (χ1v) is 12.0. The molecule has 32 heavy (non-hydrogen) atoms. The minimum Gasteiger partial charge on any atom is -0.366 e. The number of aromatic nitrogens is 2. The van der Waals surface area contributed by atoms with Crippen LogP contribution in [-0.2, 0) is 14.8 Å². The van der Waals surface area contributed by atoms with E-state index in [1.54, 1.807) is 12.1 Å². The van der Waals surface area contributed by atoms with Gasteiger partial charge in [0.25, 0.3) is 0 Å². The van der Waals surface area contributed by atoms with Crippen LogP contribution in [0.25, 0.3) is 5.69 Å². The lowest BCUT2D eigenvalue weighted by atomic mass is 10.2. The Bertz CT molecular complexity index is 1210. The zero-order valence-corrected chi connectivity index (χ0v) is 19.3. The number of nitrogens with zero attached hydrogens (tertiary/aromatic N) is 4. The van der Waals surface area contributed by atoms with Gasteiger partial charge in [-0.25, -0.2) is 13.1 Å². The third-order valence-electron chi connectivity index (χ3n) is 5.62. The first-order valence-electron chi connectivity index (χ1n) is 10.5. The smallest absolute Gasteiger partial charge is 0.243 e. The number of hydrogen-bond donors (Lipinski definition) is 1. The van der Waals surface area contributed by atoms with Gasteiger partial charge in [0.15, 0.2) is 0 Å². The molecule has 1 aliphatic rings. The van der Waals surface area contributed by atoms with Gasteiger partial charge in [-0.15, -0.1) is 0 Å². The highest BCUT2D eigenvalue weighted by molar-refractivity contribution is 7.89. The van der Waals surface area contributed by atoms with E-state index in [9.17, 15) is 13.2 Å². The average Bonchev–Trinajstić information content (AvgIpc) is 3.08. The largest absolute Gasteiger partial charge is 0.366 e. The topological polar surface area (TPSA) is 87.5 Å². The third kappa shape index (κ3) is 4.26. The lowest BCUT2D eigenvalue weighted by molar-refractivity contribution is -0.114. The molecule has 1 amide bonds. The molecular formula is C23H27N5O3S. The summed E-state index contributed by atoms with van der Waals surface area (Å²) in [4.78, 5) is 13.6. The zero-order valence-electron chi connectivity index (χ0n) is 18.4. The summed E-state index contributed by atoms with van der Waals surface area (Å²) in [6.07, 6.45) is 0. The van der Waals surface area contributed by atoms with Crippen LogP contribution in [0, 0.1) is 13.8 Å². The van der Waals surface area contributed by atoms with Gasteiger partial charge in [-0.2, -0.15) is 9.40 Å². The molecule has 3 aromatic rings. The minimum atomic E-state index is -3.60. The van der Waals surface area contributed by atoms with E-state index in [0.717, 1.165) is 22.8 Å². The maximum Gasteiger partial charge on any atom is 0.243 e. The number of aryl methyl sites for hydroxylation is 1. The monoisotopic (exact) mass is 453 g/mol. The summed E-state index contributed by atoms with van der Waals surface area (Å²) in [6.45, 7) is 7.41. The summed E-state index contributed by atoms with van der Waals surface area (Å²) in [6, 6.07) is 16.3. The quantitative estimate of drug-likeness (QED) is 0.642. The van der Waals surface area contributed by atoms with Crippen molar-refractivity contribution in [2.24, 2.45) is 0 Å². The molecule has 0 spiro atoms. The Labute approximate surface area is 188 Å². The van der Waals surface area contributed by atoms with Crippen molar-refractivity contribution in [1.82, 2.24) is 14.1 Å². The number of para-hydroxylation sites is 1. The van der Waals surface area contributed by atoms with Crippen LogP contribution in [0.15, 0.2) is 59.5 Å². The highest BCUT2D eigenvalue weighted by Gasteiger charge is 2.30. The van der Waals surface area contributed by atoms with Gasteiger partial charge in [-0.1, -0.05) is 18.2 Å². The molecule has 1 aliphatic heterocycles. The van der Waals surface area contributed by atoms with E-state index < -0.39 is 10.0 Å².